The Morgan fingerprint density at radius 2 is 2.04 bits per heavy atom. The Morgan fingerprint density at radius 1 is 1.21 bits per heavy atom. The van der Waals surface area contributed by atoms with Crippen LogP contribution in [0.2, 0.25) is 0 Å². The predicted octanol–water partition coefficient (Wildman–Crippen LogP) is 2.27. The molecule has 4 N–H and O–H groups in total. The van der Waals surface area contributed by atoms with Crippen molar-refractivity contribution >= 4 is 11.2 Å². The topological polar surface area (TPSA) is 110 Å². The molecule has 0 saturated carbocycles. The second-order valence-corrected chi connectivity index (χ2v) is 6.58. The molecule has 5 rings (SSSR count). The molecule has 0 fully saturated rings. The first-order valence-corrected chi connectivity index (χ1v) is 8.77. The summed E-state index contributed by atoms with van der Waals surface area (Å²) < 4.78 is 27.9. The van der Waals surface area contributed by atoms with E-state index in [2.05, 4.69) is 30.4 Å². The van der Waals surface area contributed by atoms with E-state index in [-0.39, 0.29) is 11.7 Å². The average Bonchev–Trinajstić information content (AvgIpc) is 3.32. The Hall–Kier alpha value is -3.40. The Morgan fingerprint density at radius 3 is 2.82 bits per heavy atom. The number of hydrogen-bond acceptors (Lipinski definition) is 6. The van der Waals surface area contributed by atoms with Gasteiger partial charge in [-0.05, 0) is 18.2 Å². The molecule has 10 heteroatoms. The van der Waals surface area contributed by atoms with Gasteiger partial charge in [0.05, 0.1) is 41.0 Å². The number of aromatic nitrogens is 6. The number of pyridine rings is 1. The van der Waals surface area contributed by atoms with Crippen LogP contribution in [0.25, 0.3) is 17.2 Å². The lowest BCUT2D eigenvalue weighted by molar-refractivity contribution is 0.143. The number of halogens is 2. The molecule has 5 heterocycles. The molecule has 142 valence electrons. The quantitative estimate of drug-likeness (QED) is 0.501. The molecular formula is C18H16F2N8. The molecule has 4 aromatic rings. The number of aromatic amines is 1. The third-order valence-corrected chi connectivity index (χ3v) is 4.74. The highest BCUT2D eigenvalue weighted by molar-refractivity contribution is 5.52. The summed E-state index contributed by atoms with van der Waals surface area (Å²) in [6.07, 6.45) is 1.19. The Balaban J connectivity index is 1.57. The maximum absolute atomic E-state index is 13.3. The van der Waals surface area contributed by atoms with Gasteiger partial charge in [-0.1, -0.05) is 6.07 Å². The van der Waals surface area contributed by atoms with Crippen LogP contribution < -0.4 is 11.1 Å². The number of nitrogens with zero attached hydrogens (tertiary/aromatic N) is 5. The van der Waals surface area contributed by atoms with Crippen LogP contribution in [-0.4, -0.2) is 36.1 Å². The largest absolute Gasteiger partial charge is 0.396 e. The lowest BCUT2D eigenvalue weighted by Crippen LogP contribution is -2.31. The van der Waals surface area contributed by atoms with E-state index in [1.54, 1.807) is 18.2 Å². The molecule has 1 unspecified atom stereocenters. The van der Waals surface area contributed by atoms with E-state index in [9.17, 15) is 8.78 Å². The summed E-state index contributed by atoms with van der Waals surface area (Å²) in [5.41, 5.74) is 8.93. The van der Waals surface area contributed by atoms with Gasteiger partial charge in [0.2, 0.25) is 0 Å². The van der Waals surface area contributed by atoms with Crippen molar-refractivity contribution in [1.82, 2.24) is 34.9 Å². The van der Waals surface area contributed by atoms with E-state index >= 15 is 0 Å². The van der Waals surface area contributed by atoms with E-state index in [1.165, 1.54) is 23.0 Å². The molecule has 1 aliphatic heterocycles. The third kappa shape index (κ3) is 2.69. The van der Waals surface area contributed by atoms with Crippen molar-refractivity contribution in [2.45, 2.75) is 18.9 Å². The summed E-state index contributed by atoms with van der Waals surface area (Å²) in [5.74, 6) is 0.980. The van der Waals surface area contributed by atoms with Crippen molar-refractivity contribution in [3.8, 4) is 11.6 Å². The van der Waals surface area contributed by atoms with Crippen LogP contribution in [0, 0.1) is 0 Å². The SMILES string of the molecule is Nc1cnc(-c2nc3c([nH]2)CCNC3c2cc3cccc(C(F)F)n3n2)nc1. The van der Waals surface area contributed by atoms with Crippen LogP contribution in [-0.2, 0) is 6.42 Å². The highest BCUT2D eigenvalue weighted by Gasteiger charge is 2.28. The molecule has 1 aliphatic rings. The van der Waals surface area contributed by atoms with E-state index in [0.717, 1.165) is 17.8 Å². The number of nitrogen functional groups attached to an aromatic ring is 1. The van der Waals surface area contributed by atoms with Crippen LogP contribution in [0.1, 0.15) is 35.2 Å². The summed E-state index contributed by atoms with van der Waals surface area (Å²) >= 11 is 0. The molecule has 0 radical (unpaired) electrons. The predicted molar refractivity (Wildman–Crippen MR) is 97.7 cm³/mol. The first kappa shape index (κ1) is 16.8. The van der Waals surface area contributed by atoms with E-state index in [0.29, 0.717) is 35.1 Å². The molecule has 8 nitrogen and oxygen atoms in total. The van der Waals surface area contributed by atoms with Crippen LogP contribution in [0.3, 0.4) is 0 Å². The molecule has 0 spiro atoms. The van der Waals surface area contributed by atoms with Gasteiger partial charge in [-0.2, -0.15) is 5.10 Å². The van der Waals surface area contributed by atoms with Crippen molar-refractivity contribution in [2.75, 3.05) is 12.3 Å². The number of hydrogen-bond donors (Lipinski definition) is 3. The minimum atomic E-state index is -2.61. The standard InChI is InChI=1S/C18H16F2N8/c19-16(20)13-3-1-2-10-6-12(27-28(10)13)14-15-11(4-5-22-14)25-18(26-15)17-23-7-9(21)8-24-17/h1-3,6-8,14,16,22H,4-5,21H2,(H,25,26). The number of nitrogens with two attached hydrogens (primary N) is 1. The molecule has 0 aromatic carbocycles. The molecule has 0 bridgehead atoms. The molecular weight excluding hydrogens is 366 g/mol. The van der Waals surface area contributed by atoms with Crippen molar-refractivity contribution in [3.63, 3.8) is 0 Å². The van der Waals surface area contributed by atoms with Gasteiger partial charge < -0.3 is 16.0 Å². The summed E-state index contributed by atoms with van der Waals surface area (Å²) in [4.78, 5) is 16.3. The molecule has 4 aromatic heterocycles. The molecule has 0 amide bonds. The normalized spacial score (nSPS) is 16.6. The summed E-state index contributed by atoms with van der Waals surface area (Å²) in [5, 5.41) is 7.79. The number of H-pyrrole nitrogens is 1. The summed E-state index contributed by atoms with van der Waals surface area (Å²) in [7, 11) is 0. The van der Waals surface area contributed by atoms with Crippen molar-refractivity contribution in [3.05, 3.63) is 59.4 Å². The second-order valence-electron chi connectivity index (χ2n) is 6.58. The Bertz CT molecular complexity index is 1150. The van der Waals surface area contributed by atoms with Gasteiger partial charge in [-0.15, -0.1) is 0 Å². The van der Waals surface area contributed by atoms with E-state index in [4.69, 9.17) is 5.73 Å². The third-order valence-electron chi connectivity index (χ3n) is 4.74. The number of anilines is 1. The van der Waals surface area contributed by atoms with Crippen LogP contribution >= 0.6 is 0 Å². The molecule has 0 saturated heterocycles. The minimum absolute atomic E-state index is 0.141. The Labute approximate surface area is 157 Å². The minimum Gasteiger partial charge on any atom is -0.396 e. The zero-order valence-electron chi connectivity index (χ0n) is 14.6. The molecule has 1 atom stereocenters. The van der Waals surface area contributed by atoms with Gasteiger partial charge in [-0.3, -0.25) is 0 Å². The fraction of sp³-hybridized carbons (Fsp3) is 0.222. The average molecular weight is 382 g/mol. The second kappa shape index (κ2) is 6.34. The number of rotatable bonds is 3. The van der Waals surface area contributed by atoms with Gasteiger partial charge in [-0.25, -0.2) is 28.2 Å². The van der Waals surface area contributed by atoms with Gasteiger partial charge in [0.1, 0.15) is 5.69 Å². The van der Waals surface area contributed by atoms with Crippen molar-refractivity contribution < 1.29 is 8.78 Å². The zero-order chi connectivity index (χ0) is 19.3. The van der Waals surface area contributed by atoms with Gasteiger partial charge >= 0.3 is 0 Å². The molecule has 28 heavy (non-hydrogen) atoms. The fourth-order valence-electron chi connectivity index (χ4n) is 3.46. The van der Waals surface area contributed by atoms with Crippen LogP contribution in [0.5, 0.6) is 0 Å². The van der Waals surface area contributed by atoms with E-state index < -0.39 is 6.43 Å². The molecule has 0 aliphatic carbocycles. The lowest BCUT2D eigenvalue weighted by Gasteiger charge is -2.21. The number of fused-ring (bicyclic) bond motifs is 2. The maximum atomic E-state index is 13.3. The zero-order valence-corrected chi connectivity index (χ0v) is 14.6. The number of nitrogens with one attached hydrogen (secondary N) is 2. The summed E-state index contributed by atoms with van der Waals surface area (Å²) in [6.45, 7) is 0.706. The Kier molecular flexibility index (Phi) is 3.79. The monoisotopic (exact) mass is 382 g/mol. The van der Waals surface area contributed by atoms with Crippen molar-refractivity contribution in [2.24, 2.45) is 0 Å². The number of alkyl halides is 2. The van der Waals surface area contributed by atoms with Crippen LogP contribution in [0.4, 0.5) is 14.5 Å². The van der Waals surface area contributed by atoms with Crippen LogP contribution in [0.15, 0.2) is 36.7 Å². The first-order valence-electron chi connectivity index (χ1n) is 8.77. The highest BCUT2D eigenvalue weighted by atomic mass is 19.3. The van der Waals surface area contributed by atoms with E-state index in [1.807, 2.05) is 0 Å². The van der Waals surface area contributed by atoms with Gasteiger partial charge in [0.25, 0.3) is 6.43 Å². The van der Waals surface area contributed by atoms with Crippen molar-refractivity contribution in [1.29, 1.82) is 0 Å². The maximum Gasteiger partial charge on any atom is 0.280 e. The van der Waals surface area contributed by atoms with Gasteiger partial charge in [0, 0.05) is 18.7 Å². The lowest BCUT2D eigenvalue weighted by atomic mass is 10.0. The smallest absolute Gasteiger partial charge is 0.280 e. The van der Waals surface area contributed by atoms with Gasteiger partial charge in [0.15, 0.2) is 11.6 Å². The first-order chi connectivity index (χ1) is 13.6. The highest BCUT2D eigenvalue weighted by Crippen LogP contribution is 2.30. The summed E-state index contributed by atoms with van der Waals surface area (Å²) in [6, 6.07) is 6.22. The fourth-order valence-corrected chi connectivity index (χ4v) is 3.46. The number of imidazole rings is 1.